The van der Waals surface area contributed by atoms with Crippen molar-refractivity contribution < 1.29 is 23.4 Å². The number of amides is 1. The second kappa shape index (κ2) is 9.92. The number of ether oxygens (including phenoxy) is 3. The number of nitrogens with zero attached hydrogens (tertiary/aromatic N) is 5. The van der Waals surface area contributed by atoms with Gasteiger partial charge in [0.1, 0.15) is 23.7 Å². The Hall–Kier alpha value is -4.21. The molecule has 9 nitrogen and oxygen atoms in total. The highest BCUT2D eigenvalue weighted by atomic mass is 19.1. The van der Waals surface area contributed by atoms with Crippen LogP contribution in [0.2, 0.25) is 0 Å². The van der Waals surface area contributed by atoms with Crippen LogP contribution >= 0.6 is 0 Å². The van der Waals surface area contributed by atoms with Gasteiger partial charge in [0.25, 0.3) is 0 Å². The maximum absolute atomic E-state index is 15.0. The number of aryl methyl sites for hydroxylation is 1. The molecule has 5 rings (SSSR count). The monoisotopic (exact) mass is 519 g/mol. The SMILES string of the molecule is COc1cc2ncnc(-c3cn(C)nc3-c3ccccc3)c2cc1O[C@H]1CN(C(=O)OC(C)(C)C)C[C@@H]1F. The molecule has 0 saturated carbocycles. The normalized spacial score (nSPS) is 17.6. The lowest BCUT2D eigenvalue weighted by molar-refractivity contribution is 0.0273. The second-order valence-electron chi connectivity index (χ2n) is 10.2. The minimum Gasteiger partial charge on any atom is -0.493 e. The molecule has 2 aromatic heterocycles. The molecule has 0 bridgehead atoms. The lowest BCUT2D eigenvalue weighted by Gasteiger charge is -2.24. The third-order valence-corrected chi connectivity index (χ3v) is 6.18. The molecule has 38 heavy (non-hydrogen) atoms. The van der Waals surface area contributed by atoms with Gasteiger partial charge >= 0.3 is 6.09 Å². The fourth-order valence-electron chi connectivity index (χ4n) is 4.49. The maximum Gasteiger partial charge on any atom is 0.410 e. The number of benzene rings is 2. The summed E-state index contributed by atoms with van der Waals surface area (Å²) >= 11 is 0. The number of likely N-dealkylation sites (tertiary alicyclic amines) is 1. The summed E-state index contributed by atoms with van der Waals surface area (Å²) in [4.78, 5) is 22.8. The molecule has 1 saturated heterocycles. The Bertz CT molecular complexity index is 1470. The number of alkyl halides is 1. The highest BCUT2D eigenvalue weighted by Gasteiger charge is 2.39. The number of carbonyl (C=O) groups is 1. The topological polar surface area (TPSA) is 91.6 Å². The molecular formula is C28H30FN5O4. The number of fused-ring (bicyclic) bond motifs is 1. The van der Waals surface area contributed by atoms with Crippen LogP contribution in [0.1, 0.15) is 20.8 Å². The highest BCUT2D eigenvalue weighted by molar-refractivity contribution is 5.97. The highest BCUT2D eigenvalue weighted by Crippen LogP contribution is 2.39. The van der Waals surface area contributed by atoms with Crippen LogP contribution in [0.4, 0.5) is 9.18 Å². The molecule has 1 aliphatic heterocycles. The Kier molecular flexibility index (Phi) is 6.64. The van der Waals surface area contributed by atoms with E-state index in [9.17, 15) is 4.79 Å². The van der Waals surface area contributed by atoms with Crippen LogP contribution in [0.15, 0.2) is 55.0 Å². The molecule has 1 aliphatic rings. The van der Waals surface area contributed by atoms with Crippen molar-refractivity contribution in [3.63, 3.8) is 0 Å². The number of hydrogen-bond donors (Lipinski definition) is 0. The van der Waals surface area contributed by atoms with Crippen LogP contribution in [0.3, 0.4) is 0 Å². The van der Waals surface area contributed by atoms with E-state index in [1.165, 1.54) is 18.3 Å². The van der Waals surface area contributed by atoms with Gasteiger partial charge in [0.15, 0.2) is 17.7 Å². The Morgan fingerprint density at radius 3 is 2.53 bits per heavy atom. The second-order valence-corrected chi connectivity index (χ2v) is 10.2. The van der Waals surface area contributed by atoms with Gasteiger partial charge in [-0.2, -0.15) is 5.10 Å². The first-order valence-corrected chi connectivity index (χ1v) is 12.3. The summed E-state index contributed by atoms with van der Waals surface area (Å²) in [5.41, 5.74) is 3.17. The van der Waals surface area contributed by atoms with E-state index < -0.39 is 24.0 Å². The number of hydrogen-bond acceptors (Lipinski definition) is 7. The molecule has 1 amide bonds. The van der Waals surface area contributed by atoms with Crippen LogP contribution in [0, 0.1) is 0 Å². The van der Waals surface area contributed by atoms with Gasteiger partial charge in [0, 0.05) is 35.8 Å². The average Bonchev–Trinajstić information content (AvgIpc) is 3.45. The van der Waals surface area contributed by atoms with Crippen molar-refractivity contribution in [3.8, 4) is 34.0 Å². The zero-order chi connectivity index (χ0) is 27.0. The van der Waals surface area contributed by atoms with Crippen molar-refractivity contribution in [1.82, 2.24) is 24.6 Å². The number of halogens is 1. The molecule has 0 radical (unpaired) electrons. The Labute approximate surface area is 220 Å². The molecule has 198 valence electrons. The number of carbonyl (C=O) groups excluding carboxylic acids is 1. The first-order valence-electron chi connectivity index (χ1n) is 12.3. The van der Waals surface area contributed by atoms with Crippen LogP contribution in [0.25, 0.3) is 33.4 Å². The number of rotatable bonds is 5. The predicted molar refractivity (Wildman–Crippen MR) is 141 cm³/mol. The quantitative estimate of drug-likeness (QED) is 0.365. The van der Waals surface area contributed by atoms with E-state index >= 15 is 4.39 Å². The van der Waals surface area contributed by atoms with E-state index in [0.29, 0.717) is 28.1 Å². The van der Waals surface area contributed by atoms with E-state index in [4.69, 9.17) is 14.2 Å². The minimum atomic E-state index is -1.39. The molecule has 4 aromatic rings. The third-order valence-electron chi connectivity index (χ3n) is 6.18. The summed E-state index contributed by atoms with van der Waals surface area (Å²) in [5.74, 6) is 0.736. The van der Waals surface area contributed by atoms with Gasteiger partial charge in [-0.05, 0) is 26.8 Å². The van der Waals surface area contributed by atoms with Crippen molar-refractivity contribution >= 4 is 17.0 Å². The summed E-state index contributed by atoms with van der Waals surface area (Å²) in [7, 11) is 3.37. The van der Waals surface area contributed by atoms with Crippen LogP contribution in [-0.2, 0) is 11.8 Å². The predicted octanol–water partition coefficient (Wildman–Crippen LogP) is 5.04. The fourth-order valence-corrected chi connectivity index (χ4v) is 4.49. The average molecular weight is 520 g/mol. The van der Waals surface area contributed by atoms with Crippen molar-refractivity contribution in [2.75, 3.05) is 20.2 Å². The van der Waals surface area contributed by atoms with Gasteiger partial charge < -0.3 is 19.1 Å². The lowest BCUT2D eigenvalue weighted by atomic mass is 10.0. The van der Waals surface area contributed by atoms with Gasteiger partial charge in [-0.25, -0.2) is 19.2 Å². The Morgan fingerprint density at radius 1 is 1.05 bits per heavy atom. The van der Waals surface area contributed by atoms with Crippen LogP contribution in [-0.4, -0.2) is 68.8 Å². The van der Waals surface area contributed by atoms with Crippen LogP contribution in [0.5, 0.6) is 11.5 Å². The van der Waals surface area contributed by atoms with Gasteiger partial charge in [0.05, 0.1) is 31.4 Å². The van der Waals surface area contributed by atoms with Gasteiger partial charge in [-0.1, -0.05) is 30.3 Å². The van der Waals surface area contributed by atoms with Crippen LogP contribution < -0.4 is 9.47 Å². The molecule has 0 unspecified atom stereocenters. The lowest BCUT2D eigenvalue weighted by Crippen LogP contribution is -2.36. The standard InChI is InChI=1S/C28H30FN5O4/c1-28(2,3)38-27(35)34-14-20(29)24(15-34)37-23-11-18-21(12-22(23)36-5)30-16-31-26(18)19-13-33(4)32-25(19)17-9-7-6-8-10-17/h6-13,16,20,24H,14-15H2,1-5H3/t20-,24-/m0/s1. The summed E-state index contributed by atoms with van der Waals surface area (Å²) in [6.45, 7) is 5.25. The molecule has 2 atom stereocenters. The van der Waals surface area contributed by atoms with E-state index in [-0.39, 0.29) is 13.1 Å². The Morgan fingerprint density at radius 2 is 1.82 bits per heavy atom. The number of aromatic nitrogens is 4. The first-order chi connectivity index (χ1) is 18.1. The largest absolute Gasteiger partial charge is 0.493 e. The van der Waals surface area contributed by atoms with E-state index in [1.807, 2.05) is 43.6 Å². The maximum atomic E-state index is 15.0. The first kappa shape index (κ1) is 25.4. The molecule has 0 spiro atoms. The van der Waals surface area contributed by atoms with Crippen molar-refractivity contribution in [2.45, 2.75) is 38.6 Å². The fraction of sp³-hybridized carbons (Fsp3) is 0.357. The van der Waals surface area contributed by atoms with E-state index in [2.05, 4.69) is 15.1 Å². The zero-order valence-electron chi connectivity index (χ0n) is 22.0. The van der Waals surface area contributed by atoms with Crippen molar-refractivity contribution in [1.29, 1.82) is 0 Å². The summed E-state index contributed by atoms with van der Waals surface area (Å²) < 4.78 is 33.8. The third kappa shape index (κ3) is 5.11. The smallest absolute Gasteiger partial charge is 0.410 e. The molecule has 0 N–H and O–H groups in total. The minimum absolute atomic E-state index is 0.0518. The molecule has 2 aromatic carbocycles. The molecular weight excluding hydrogens is 489 g/mol. The van der Waals surface area contributed by atoms with E-state index in [0.717, 1.165) is 16.8 Å². The van der Waals surface area contributed by atoms with Gasteiger partial charge in [-0.15, -0.1) is 0 Å². The zero-order valence-corrected chi connectivity index (χ0v) is 22.0. The van der Waals surface area contributed by atoms with Crippen molar-refractivity contribution in [2.24, 2.45) is 7.05 Å². The molecule has 10 heteroatoms. The summed E-state index contributed by atoms with van der Waals surface area (Å²) in [5, 5.41) is 5.36. The summed E-state index contributed by atoms with van der Waals surface area (Å²) in [6, 6.07) is 13.3. The number of methoxy groups -OCH3 is 1. The Balaban J connectivity index is 1.51. The summed E-state index contributed by atoms with van der Waals surface area (Å²) in [6.07, 6.45) is 0.546. The molecule has 0 aliphatic carbocycles. The molecule has 1 fully saturated rings. The van der Waals surface area contributed by atoms with E-state index in [1.54, 1.807) is 37.6 Å². The van der Waals surface area contributed by atoms with Crippen molar-refractivity contribution in [3.05, 3.63) is 55.0 Å². The van der Waals surface area contributed by atoms with Gasteiger partial charge in [-0.3, -0.25) is 4.68 Å². The van der Waals surface area contributed by atoms with Gasteiger partial charge in [0.2, 0.25) is 0 Å². The molecule has 3 heterocycles.